The van der Waals surface area contributed by atoms with E-state index in [0.29, 0.717) is 0 Å². The van der Waals surface area contributed by atoms with Crippen molar-refractivity contribution >= 4 is 26.9 Å². The van der Waals surface area contributed by atoms with Gasteiger partial charge in [0.25, 0.3) is 0 Å². The molecule has 1 aromatic rings. The van der Waals surface area contributed by atoms with Gasteiger partial charge in [0.15, 0.2) is 0 Å². The zero-order valence-electron chi connectivity index (χ0n) is 11.4. The van der Waals surface area contributed by atoms with E-state index in [-0.39, 0.29) is 5.92 Å². The van der Waals surface area contributed by atoms with E-state index in [2.05, 4.69) is 27.5 Å². The molecule has 2 N–H and O–H groups in total. The molecule has 0 saturated carbocycles. The average molecular weight is 345 g/mol. The third-order valence-corrected chi connectivity index (χ3v) is 5.10. The lowest BCUT2D eigenvalue weighted by atomic mass is 9.89. The van der Waals surface area contributed by atoms with E-state index in [4.69, 9.17) is 5.14 Å². The van der Waals surface area contributed by atoms with Gasteiger partial charge in [-0.05, 0) is 61.2 Å². The molecule has 0 aliphatic carbocycles. The zero-order chi connectivity index (χ0) is 14.5. The summed E-state index contributed by atoms with van der Waals surface area (Å²) in [5.41, 5.74) is 1.00. The van der Waals surface area contributed by atoms with E-state index in [1.54, 1.807) is 6.20 Å². The van der Waals surface area contributed by atoms with Gasteiger partial charge in [0.1, 0.15) is 0 Å². The molecule has 5 heteroatoms. The maximum absolute atomic E-state index is 11.6. The molecule has 3 nitrogen and oxygen atoms in total. The fourth-order valence-corrected chi connectivity index (χ4v) is 2.97. The SMILES string of the molecule is C=CCC[C@H](CC(C)(C)S(N)=O)c1ncccc1Br. The van der Waals surface area contributed by atoms with E-state index in [0.717, 1.165) is 29.4 Å². The summed E-state index contributed by atoms with van der Waals surface area (Å²) in [4.78, 5) is 4.45. The number of hydrogen-bond acceptors (Lipinski definition) is 2. The first-order valence-corrected chi connectivity index (χ1v) is 8.26. The lowest BCUT2D eigenvalue weighted by molar-refractivity contribution is 0.487. The second kappa shape index (κ2) is 7.31. The molecule has 0 aromatic carbocycles. The molecule has 1 rings (SSSR count). The van der Waals surface area contributed by atoms with Gasteiger partial charge < -0.3 is 0 Å². The highest BCUT2D eigenvalue weighted by Gasteiger charge is 2.29. The Kier molecular flexibility index (Phi) is 6.36. The minimum absolute atomic E-state index is 0.219. The van der Waals surface area contributed by atoms with Crippen molar-refractivity contribution < 1.29 is 4.21 Å². The van der Waals surface area contributed by atoms with Crippen molar-refractivity contribution in [2.45, 2.75) is 43.8 Å². The first-order chi connectivity index (χ1) is 8.88. The first-order valence-electron chi connectivity index (χ1n) is 6.26. The number of nitrogens with zero attached hydrogens (tertiary/aromatic N) is 1. The molecule has 0 saturated heterocycles. The van der Waals surface area contributed by atoms with Crippen LogP contribution in [0.1, 0.15) is 44.7 Å². The van der Waals surface area contributed by atoms with Crippen LogP contribution in [-0.2, 0) is 11.0 Å². The Balaban J connectivity index is 2.99. The van der Waals surface area contributed by atoms with Crippen molar-refractivity contribution in [2.24, 2.45) is 5.14 Å². The molecule has 0 amide bonds. The average Bonchev–Trinajstić information content (AvgIpc) is 2.35. The summed E-state index contributed by atoms with van der Waals surface area (Å²) in [5.74, 6) is 0.219. The third kappa shape index (κ3) is 4.82. The Morgan fingerprint density at radius 3 is 2.84 bits per heavy atom. The van der Waals surface area contributed by atoms with Crippen LogP contribution in [0, 0.1) is 0 Å². The van der Waals surface area contributed by atoms with Crippen molar-refractivity contribution in [2.75, 3.05) is 0 Å². The highest BCUT2D eigenvalue weighted by molar-refractivity contribution is 9.10. The smallest absolute Gasteiger partial charge is 0.0945 e. The van der Waals surface area contributed by atoms with E-state index >= 15 is 0 Å². The summed E-state index contributed by atoms with van der Waals surface area (Å²) in [6.07, 6.45) is 6.25. The number of hydrogen-bond donors (Lipinski definition) is 1. The highest BCUT2D eigenvalue weighted by atomic mass is 79.9. The standard InChI is InChI=1S/C14H21BrN2OS/c1-4-5-7-11(10-14(2,3)19(16)18)13-12(15)8-6-9-17-13/h4,6,8-9,11H,1,5,7,10,16H2,2-3H3/t11-,19?/m1/s1. The number of aromatic nitrogens is 1. The fourth-order valence-electron chi connectivity index (χ4n) is 2.03. The van der Waals surface area contributed by atoms with Gasteiger partial charge >= 0.3 is 0 Å². The molecular formula is C14H21BrN2OS. The molecule has 0 bridgehead atoms. The lowest BCUT2D eigenvalue weighted by Gasteiger charge is -2.27. The van der Waals surface area contributed by atoms with Crippen LogP contribution in [0.25, 0.3) is 0 Å². The Labute approximate surface area is 126 Å². The Bertz CT molecular complexity index is 463. The minimum atomic E-state index is -1.35. The Morgan fingerprint density at radius 1 is 1.63 bits per heavy atom. The minimum Gasteiger partial charge on any atom is -0.260 e. The summed E-state index contributed by atoms with van der Waals surface area (Å²) in [7, 11) is -1.35. The summed E-state index contributed by atoms with van der Waals surface area (Å²) in [6, 6.07) is 3.88. The normalized spacial score (nSPS) is 14.9. The van der Waals surface area contributed by atoms with Crippen molar-refractivity contribution in [1.82, 2.24) is 4.98 Å². The zero-order valence-corrected chi connectivity index (χ0v) is 13.8. The Morgan fingerprint density at radius 2 is 2.32 bits per heavy atom. The van der Waals surface area contributed by atoms with Crippen molar-refractivity contribution in [1.29, 1.82) is 0 Å². The maximum atomic E-state index is 11.6. The molecule has 0 radical (unpaired) electrons. The quantitative estimate of drug-likeness (QED) is 0.767. The molecule has 2 atom stereocenters. The Hall–Kier alpha value is -0.520. The van der Waals surface area contributed by atoms with Crippen LogP contribution in [0.2, 0.25) is 0 Å². The monoisotopic (exact) mass is 344 g/mol. The van der Waals surface area contributed by atoms with Gasteiger partial charge in [-0.1, -0.05) is 6.08 Å². The van der Waals surface area contributed by atoms with Gasteiger partial charge in [0.05, 0.1) is 21.4 Å². The van der Waals surface area contributed by atoms with Crippen LogP contribution in [0.3, 0.4) is 0 Å². The van der Waals surface area contributed by atoms with E-state index in [9.17, 15) is 4.21 Å². The predicted octanol–water partition coefficient (Wildman–Crippen LogP) is 3.69. The summed E-state index contributed by atoms with van der Waals surface area (Å²) < 4.78 is 12.2. The third-order valence-electron chi connectivity index (χ3n) is 3.18. The molecule has 0 fully saturated rings. The van der Waals surface area contributed by atoms with Crippen LogP contribution in [0.4, 0.5) is 0 Å². The molecule has 1 unspecified atom stereocenters. The van der Waals surface area contributed by atoms with Crippen molar-refractivity contribution in [3.05, 3.63) is 41.2 Å². The number of rotatable bonds is 7. The van der Waals surface area contributed by atoms with Crippen LogP contribution >= 0.6 is 15.9 Å². The van der Waals surface area contributed by atoms with Gasteiger partial charge in [-0.2, -0.15) is 0 Å². The van der Waals surface area contributed by atoms with E-state index in [1.807, 2.05) is 32.1 Å². The first kappa shape index (κ1) is 16.5. The van der Waals surface area contributed by atoms with Crippen LogP contribution in [0.15, 0.2) is 35.5 Å². The fraction of sp³-hybridized carbons (Fsp3) is 0.500. The molecule has 19 heavy (non-hydrogen) atoms. The van der Waals surface area contributed by atoms with Crippen LogP contribution in [0.5, 0.6) is 0 Å². The van der Waals surface area contributed by atoms with Gasteiger partial charge in [-0.15, -0.1) is 6.58 Å². The molecular weight excluding hydrogens is 324 g/mol. The lowest BCUT2D eigenvalue weighted by Crippen LogP contribution is -2.34. The molecule has 1 heterocycles. The summed E-state index contributed by atoms with van der Waals surface area (Å²) in [5, 5.41) is 5.58. The molecule has 0 spiro atoms. The maximum Gasteiger partial charge on any atom is 0.0945 e. The molecule has 106 valence electrons. The van der Waals surface area contributed by atoms with Crippen LogP contribution < -0.4 is 5.14 Å². The van der Waals surface area contributed by atoms with Gasteiger partial charge in [0, 0.05) is 16.6 Å². The van der Waals surface area contributed by atoms with Crippen molar-refractivity contribution in [3.8, 4) is 0 Å². The highest BCUT2D eigenvalue weighted by Crippen LogP contribution is 2.34. The predicted molar refractivity (Wildman–Crippen MR) is 85.1 cm³/mol. The number of halogens is 1. The van der Waals surface area contributed by atoms with Gasteiger partial charge in [-0.25, -0.2) is 4.21 Å². The molecule has 1 aromatic heterocycles. The van der Waals surface area contributed by atoms with Crippen molar-refractivity contribution in [3.63, 3.8) is 0 Å². The van der Waals surface area contributed by atoms with E-state index in [1.165, 1.54) is 0 Å². The summed E-state index contributed by atoms with van der Waals surface area (Å²) in [6.45, 7) is 7.63. The second-order valence-electron chi connectivity index (χ2n) is 5.19. The molecule has 0 aliphatic rings. The van der Waals surface area contributed by atoms with Gasteiger partial charge in [0.2, 0.25) is 0 Å². The van der Waals surface area contributed by atoms with E-state index < -0.39 is 15.7 Å². The molecule has 0 aliphatic heterocycles. The topological polar surface area (TPSA) is 56.0 Å². The summed E-state index contributed by atoms with van der Waals surface area (Å²) >= 11 is 3.54. The number of nitrogens with two attached hydrogens (primary N) is 1. The largest absolute Gasteiger partial charge is 0.260 e. The number of pyridine rings is 1. The second-order valence-corrected chi connectivity index (χ2v) is 7.75. The van der Waals surface area contributed by atoms with Crippen LogP contribution in [-0.4, -0.2) is 13.9 Å². The van der Waals surface area contributed by atoms with Gasteiger partial charge in [-0.3, -0.25) is 10.1 Å². The number of allylic oxidation sites excluding steroid dienone is 1.